The average Bonchev–Trinajstić information content (AvgIpc) is 2.85. The second kappa shape index (κ2) is 4.77. The molecule has 1 aliphatic carbocycles. The summed E-state index contributed by atoms with van der Waals surface area (Å²) in [5, 5.41) is 7.68. The van der Waals surface area contributed by atoms with E-state index in [4.69, 9.17) is 4.98 Å². The number of rotatable bonds is 3. The van der Waals surface area contributed by atoms with Gasteiger partial charge in [0, 0.05) is 29.4 Å². The van der Waals surface area contributed by atoms with E-state index in [0.29, 0.717) is 6.04 Å². The van der Waals surface area contributed by atoms with Crippen LogP contribution in [0.3, 0.4) is 0 Å². The number of nitrogens with one attached hydrogen (secondary N) is 1. The first-order chi connectivity index (χ1) is 9.99. The first-order valence-corrected chi connectivity index (χ1v) is 9.35. The predicted molar refractivity (Wildman–Crippen MR) is 87.9 cm³/mol. The molecule has 1 saturated carbocycles. The van der Waals surface area contributed by atoms with E-state index in [-0.39, 0.29) is 11.0 Å². The van der Waals surface area contributed by atoms with Crippen molar-refractivity contribution < 1.29 is 0 Å². The van der Waals surface area contributed by atoms with Gasteiger partial charge < -0.3 is 5.32 Å². The molecule has 2 atom stereocenters. The Bertz CT molecular complexity index is 528. The van der Waals surface area contributed by atoms with Gasteiger partial charge in [-0.1, -0.05) is 20.8 Å². The fourth-order valence-electron chi connectivity index (χ4n) is 4.03. The van der Waals surface area contributed by atoms with Gasteiger partial charge in [-0.2, -0.15) is 0 Å². The summed E-state index contributed by atoms with van der Waals surface area (Å²) in [6.07, 6.45) is 6.64. The maximum atomic E-state index is 5.11. The lowest BCUT2D eigenvalue weighted by molar-refractivity contribution is 0.222. The summed E-state index contributed by atoms with van der Waals surface area (Å²) in [6, 6.07) is 1.42. The molecule has 3 nitrogen and oxygen atoms in total. The van der Waals surface area contributed by atoms with E-state index < -0.39 is 0 Å². The minimum atomic E-state index is 0.145. The van der Waals surface area contributed by atoms with E-state index >= 15 is 0 Å². The standard InChI is InChI=1S/C17H27N3S/c1-16(2,3)13-11-21-15(18-13)17(19-12-6-7-12)8-10-20-9-4-5-14(17)20/h11-12,14,19H,4-10H2,1-3H3. The van der Waals surface area contributed by atoms with Crippen molar-refractivity contribution in [1.29, 1.82) is 0 Å². The van der Waals surface area contributed by atoms with E-state index in [1.54, 1.807) is 0 Å². The maximum Gasteiger partial charge on any atom is 0.115 e. The third-order valence-electron chi connectivity index (χ3n) is 5.42. The van der Waals surface area contributed by atoms with Crippen LogP contribution in [0.15, 0.2) is 5.38 Å². The van der Waals surface area contributed by atoms with Crippen molar-refractivity contribution in [2.75, 3.05) is 13.1 Å². The number of nitrogens with zero attached hydrogens (tertiary/aromatic N) is 2. The van der Waals surface area contributed by atoms with Crippen LogP contribution in [0.2, 0.25) is 0 Å². The number of fused-ring (bicyclic) bond motifs is 1. The van der Waals surface area contributed by atoms with Crippen molar-refractivity contribution in [2.45, 2.75) is 75.9 Å². The Kier molecular flexibility index (Phi) is 3.22. The topological polar surface area (TPSA) is 28.2 Å². The number of hydrogen-bond acceptors (Lipinski definition) is 4. The highest BCUT2D eigenvalue weighted by Crippen LogP contribution is 2.46. The molecule has 0 radical (unpaired) electrons. The van der Waals surface area contributed by atoms with E-state index in [1.807, 2.05) is 11.3 Å². The third-order valence-corrected chi connectivity index (χ3v) is 6.44. The van der Waals surface area contributed by atoms with Crippen LogP contribution in [-0.2, 0) is 11.0 Å². The van der Waals surface area contributed by atoms with Gasteiger partial charge in [-0.05, 0) is 38.6 Å². The van der Waals surface area contributed by atoms with Crippen LogP contribution < -0.4 is 5.32 Å². The summed E-state index contributed by atoms with van der Waals surface area (Å²) in [4.78, 5) is 7.81. The molecule has 0 aromatic carbocycles. The summed E-state index contributed by atoms with van der Waals surface area (Å²) in [6.45, 7) is 9.33. The minimum absolute atomic E-state index is 0.145. The van der Waals surface area contributed by atoms with Crippen LogP contribution in [-0.4, -0.2) is 35.1 Å². The summed E-state index contributed by atoms with van der Waals surface area (Å²) >= 11 is 1.89. The lowest BCUT2D eigenvalue weighted by atomic mass is 9.88. The van der Waals surface area contributed by atoms with Crippen LogP contribution in [0.4, 0.5) is 0 Å². The van der Waals surface area contributed by atoms with E-state index in [1.165, 1.54) is 55.9 Å². The number of thiazole rings is 1. The fourth-order valence-corrected chi connectivity index (χ4v) is 5.32. The zero-order valence-electron chi connectivity index (χ0n) is 13.5. The van der Waals surface area contributed by atoms with Gasteiger partial charge in [0.2, 0.25) is 0 Å². The Balaban J connectivity index is 1.71. The van der Waals surface area contributed by atoms with Gasteiger partial charge in [0.15, 0.2) is 0 Å². The van der Waals surface area contributed by atoms with Gasteiger partial charge in [0.05, 0.1) is 11.2 Å². The quantitative estimate of drug-likeness (QED) is 0.929. The van der Waals surface area contributed by atoms with Crippen LogP contribution in [0.1, 0.15) is 63.6 Å². The monoisotopic (exact) mass is 305 g/mol. The highest BCUT2D eigenvalue weighted by Gasteiger charge is 2.53. The highest BCUT2D eigenvalue weighted by molar-refractivity contribution is 7.09. The molecule has 3 heterocycles. The molecule has 2 unspecified atom stereocenters. The van der Waals surface area contributed by atoms with E-state index in [0.717, 1.165) is 6.04 Å². The van der Waals surface area contributed by atoms with Gasteiger partial charge in [-0.25, -0.2) is 4.98 Å². The lowest BCUT2D eigenvalue weighted by Gasteiger charge is -2.35. The van der Waals surface area contributed by atoms with Gasteiger partial charge in [0.25, 0.3) is 0 Å². The number of hydrogen-bond donors (Lipinski definition) is 1. The lowest BCUT2D eigenvalue weighted by Crippen LogP contribution is -2.51. The van der Waals surface area contributed by atoms with Crippen LogP contribution >= 0.6 is 11.3 Å². The average molecular weight is 305 g/mol. The molecule has 2 saturated heterocycles. The molecular formula is C17H27N3S. The molecule has 4 heteroatoms. The molecule has 1 aromatic heterocycles. The Labute approximate surface area is 132 Å². The molecule has 1 aromatic rings. The van der Waals surface area contributed by atoms with Crippen molar-refractivity contribution in [3.63, 3.8) is 0 Å². The molecule has 0 amide bonds. The van der Waals surface area contributed by atoms with Gasteiger partial charge in [0.1, 0.15) is 5.01 Å². The second-order valence-corrected chi connectivity index (χ2v) is 8.98. The Morgan fingerprint density at radius 2 is 2.10 bits per heavy atom. The molecule has 3 fully saturated rings. The van der Waals surface area contributed by atoms with Crippen molar-refractivity contribution in [3.05, 3.63) is 16.1 Å². The molecule has 4 rings (SSSR count). The second-order valence-electron chi connectivity index (χ2n) is 8.12. The number of aromatic nitrogens is 1. The smallest absolute Gasteiger partial charge is 0.115 e. The Morgan fingerprint density at radius 1 is 1.29 bits per heavy atom. The molecule has 116 valence electrons. The first kappa shape index (κ1) is 14.2. The first-order valence-electron chi connectivity index (χ1n) is 8.47. The largest absolute Gasteiger partial charge is 0.301 e. The maximum absolute atomic E-state index is 5.11. The molecule has 0 bridgehead atoms. The SMILES string of the molecule is CC(C)(C)c1csc(C2(NC3CC3)CCN3CCCC32)n1. The van der Waals surface area contributed by atoms with Crippen molar-refractivity contribution in [2.24, 2.45) is 0 Å². The van der Waals surface area contributed by atoms with Crippen molar-refractivity contribution in [3.8, 4) is 0 Å². The molecule has 3 aliphatic rings. The molecular weight excluding hydrogens is 278 g/mol. The van der Waals surface area contributed by atoms with E-state index in [2.05, 4.69) is 36.4 Å². The summed E-state index contributed by atoms with van der Waals surface area (Å²) < 4.78 is 0. The van der Waals surface area contributed by atoms with Gasteiger partial charge >= 0.3 is 0 Å². The summed E-state index contributed by atoms with van der Waals surface area (Å²) in [7, 11) is 0. The Morgan fingerprint density at radius 3 is 2.76 bits per heavy atom. The summed E-state index contributed by atoms with van der Waals surface area (Å²) in [5.74, 6) is 0. The van der Waals surface area contributed by atoms with Gasteiger partial charge in [-0.3, -0.25) is 4.90 Å². The predicted octanol–water partition coefficient (Wildman–Crippen LogP) is 3.26. The van der Waals surface area contributed by atoms with Gasteiger partial charge in [-0.15, -0.1) is 11.3 Å². The highest BCUT2D eigenvalue weighted by atomic mass is 32.1. The molecule has 1 N–H and O–H groups in total. The zero-order chi connectivity index (χ0) is 14.7. The molecule has 0 spiro atoms. The molecule has 21 heavy (non-hydrogen) atoms. The third kappa shape index (κ3) is 2.36. The van der Waals surface area contributed by atoms with Crippen LogP contribution in [0, 0.1) is 0 Å². The normalized spacial score (nSPS) is 33.6. The Hall–Kier alpha value is -0.450. The van der Waals surface area contributed by atoms with Crippen molar-refractivity contribution in [1.82, 2.24) is 15.2 Å². The fraction of sp³-hybridized carbons (Fsp3) is 0.824. The summed E-state index contributed by atoms with van der Waals surface area (Å²) in [5.41, 5.74) is 1.56. The van der Waals surface area contributed by atoms with Crippen LogP contribution in [0.25, 0.3) is 0 Å². The van der Waals surface area contributed by atoms with Crippen molar-refractivity contribution >= 4 is 11.3 Å². The van der Waals surface area contributed by atoms with E-state index in [9.17, 15) is 0 Å². The minimum Gasteiger partial charge on any atom is -0.301 e. The zero-order valence-corrected chi connectivity index (χ0v) is 14.3. The van der Waals surface area contributed by atoms with Crippen LogP contribution in [0.5, 0.6) is 0 Å². The molecule has 2 aliphatic heterocycles.